The summed E-state index contributed by atoms with van der Waals surface area (Å²) in [5.41, 5.74) is -0.977. The van der Waals surface area contributed by atoms with Crippen molar-refractivity contribution in [1.29, 1.82) is 0 Å². The van der Waals surface area contributed by atoms with Gasteiger partial charge in [0.1, 0.15) is 0 Å². The highest BCUT2D eigenvalue weighted by Crippen LogP contribution is 2.34. The van der Waals surface area contributed by atoms with E-state index < -0.39 is 22.9 Å². The highest BCUT2D eigenvalue weighted by Gasteiger charge is 2.45. The van der Waals surface area contributed by atoms with Crippen molar-refractivity contribution in [3.8, 4) is 0 Å². The monoisotopic (exact) mass is 260 g/mol. The van der Waals surface area contributed by atoms with Gasteiger partial charge < -0.3 is 14.2 Å². The zero-order valence-electron chi connectivity index (χ0n) is 9.86. The van der Waals surface area contributed by atoms with E-state index in [1.165, 1.54) is 0 Å². The van der Waals surface area contributed by atoms with Crippen molar-refractivity contribution in [1.82, 2.24) is 0 Å². The van der Waals surface area contributed by atoms with Crippen molar-refractivity contribution >= 4 is 21.2 Å². The third-order valence-corrected chi connectivity index (χ3v) is 3.92. The zero-order valence-corrected chi connectivity index (χ0v) is 11.0. The Kier molecular flexibility index (Phi) is 3.53. The normalized spacial score (nSPS) is 37.1. The molecule has 2 heterocycles. The number of carbonyl (C=O) groups is 2. The van der Waals surface area contributed by atoms with E-state index in [9.17, 15) is 9.59 Å². The Hall–Kier alpha value is -0.510. The molecule has 2 rings (SSSR count). The average molecular weight is 260 g/mol. The minimum Gasteiger partial charge on any atom is -0.389 e. The van der Waals surface area contributed by atoms with Gasteiger partial charge in [0.2, 0.25) is 0 Å². The molecular weight excluding hydrogens is 243 g/mol. The fraction of sp³-hybridized carbons (Fsp3) is 0.818. The molecule has 0 aliphatic carbocycles. The van der Waals surface area contributed by atoms with Crippen LogP contribution in [-0.4, -0.2) is 36.1 Å². The van der Waals surface area contributed by atoms with Crippen LogP contribution in [0.2, 0.25) is 0 Å². The second kappa shape index (κ2) is 4.63. The molecule has 0 radical (unpaired) electrons. The van der Waals surface area contributed by atoms with Crippen LogP contribution in [0.25, 0.3) is 0 Å². The van der Waals surface area contributed by atoms with E-state index in [-0.39, 0.29) is 0 Å². The van der Waals surface area contributed by atoms with Gasteiger partial charge in [-0.1, -0.05) is 9.24 Å². The molecule has 0 aromatic rings. The number of carbonyl (C=O) groups excluding carboxylic acids is 2. The quantitative estimate of drug-likeness (QED) is 0.421. The van der Waals surface area contributed by atoms with Crippen LogP contribution in [0.4, 0.5) is 0 Å². The van der Waals surface area contributed by atoms with Gasteiger partial charge >= 0.3 is 11.9 Å². The van der Waals surface area contributed by atoms with Crippen molar-refractivity contribution in [2.75, 3.05) is 13.2 Å². The molecule has 0 saturated carbocycles. The predicted octanol–water partition coefficient (Wildman–Crippen LogP) is 1.01. The first-order chi connectivity index (χ1) is 7.96. The first kappa shape index (κ1) is 12.9. The van der Waals surface area contributed by atoms with Crippen LogP contribution >= 0.6 is 9.24 Å². The van der Waals surface area contributed by atoms with Crippen molar-refractivity contribution < 1.29 is 23.8 Å². The van der Waals surface area contributed by atoms with E-state index in [0.29, 0.717) is 26.1 Å². The number of esters is 2. The van der Waals surface area contributed by atoms with Crippen LogP contribution in [0, 0.1) is 0 Å². The summed E-state index contributed by atoms with van der Waals surface area (Å²) in [6.07, 6.45) is 2.74. The van der Waals surface area contributed by atoms with Gasteiger partial charge in [-0.3, -0.25) is 0 Å². The van der Waals surface area contributed by atoms with Crippen LogP contribution in [0.5, 0.6) is 0 Å². The fourth-order valence-corrected chi connectivity index (χ4v) is 2.42. The molecular formula is C11H17O5P. The Bertz CT molecular complexity index is 297. The minimum absolute atomic E-state index is 0.514. The standard InChI is InChI=1S/C11H17O5P/c1-10(4-2-6-14-10)8(12)16-9(13)11(17)5-3-7-15-11/h2-7,17H2,1H3/t10-,11+/m1/s1. The first-order valence-electron chi connectivity index (χ1n) is 5.80. The lowest BCUT2D eigenvalue weighted by Crippen LogP contribution is -2.42. The van der Waals surface area contributed by atoms with Gasteiger partial charge in [-0.2, -0.15) is 0 Å². The Balaban J connectivity index is 1.96. The number of rotatable bonds is 2. The van der Waals surface area contributed by atoms with Crippen molar-refractivity contribution in [3.63, 3.8) is 0 Å². The third-order valence-electron chi connectivity index (χ3n) is 3.23. The molecule has 2 aliphatic rings. The van der Waals surface area contributed by atoms with E-state index in [2.05, 4.69) is 9.24 Å². The van der Waals surface area contributed by atoms with E-state index in [1.54, 1.807) is 6.92 Å². The van der Waals surface area contributed by atoms with Gasteiger partial charge in [0, 0.05) is 13.2 Å². The van der Waals surface area contributed by atoms with Crippen LogP contribution in [0.3, 0.4) is 0 Å². The molecule has 0 spiro atoms. The SMILES string of the molecule is C[C@]1(C(=O)OC(=O)[C@@]2(P)CCCO2)CCCO1. The molecule has 17 heavy (non-hydrogen) atoms. The summed E-state index contributed by atoms with van der Waals surface area (Å²) in [5, 5.41) is -1.05. The maximum absolute atomic E-state index is 11.8. The molecule has 0 aromatic carbocycles. The second-order valence-electron chi connectivity index (χ2n) is 4.70. The Morgan fingerprint density at radius 3 is 2.29 bits per heavy atom. The lowest BCUT2D eigenvalue weighted by atomic mass is 10.0. The highest BCUT2D eigenvalue weighted by molar-refractivity contribution is 7.20. The molecule has 2 aliphatic heterocycles. The maximum atomic E-state index is 11.8. The van der Waals surface area contributed by atoms with Gasteiger partial charge in [-0.15, -0.1) is 0 Å². The number of hydrogen-bond acceptors (Lipinski definition) is 5. The van der Waals surface area contributed by atoms with Gasteiger partial charge in [0.05, 0.1) is 0 Å². The summed E-state index contributed by atoms with van der Waals surface area (Å²) in [6, 6.07) is 0. The topological polar surface area (TPSA) is 61.8 Å². The maximum Gasteiger partial charge on any atom is 0.349 e. The smallest absolute Gasteiger partial charge is 0.349 e. The summed E-state index contributed by atoms with van der Waals surface area (Å²) in [5.74, 6) is -1.25. The third kappa shape index (κ3) is 2.51. The Morgan fingerprint density at radius 2 is 1.76 bits per heavy atom. The van der Waals surface area contributed by atoms with E-state index in [4.69, 9.17) is 14.2 Å². The molecule has 3 atom stereocenters. The largest absolute Gasteiger partial charge is 0.389 e. The Morgan fingerprint density at radius 1 is 1.12 bits per heavy atom. The molecule has 0 bridgehead atoms. The molecule has 0 amide bonds. The lowest BCUT2D eigenvalue weighted by molar-refractivity contribution is -0.180. The molecule has 6 heteroatoms. The van der Waals surface area contributed by atoms with Gasteiger partial charge in [-0.25, -0.2) is 9.59 Å². The lowest BCUT2D eigenvalue weighted by Gasteiger charge is -2.24. The second-order valence-corrected chi connectivity index (χ2v) is 5.63. The van der Waals surface area contributed by atoms with E-state index >= 15 is 0 Å². The van der Waals surface area contributed by atoms with Crippen molar-refractivity contribution in [2.45, 2.75) is 43.6 Å². The highest BCUT2D eigenvalue weighted by atomic mass is 31.0. The van der Waals surface area contributed by atoms with Gasteiger partial charge in [0.25, 0.3) is 0 Å². The molecule has 5 nitrogen and oxygen atoms in total. The number of hydrogen-bond donors (Lipinski definition) is 0. The molecule has 2 saturated heterocycles. The van der Waals surface area contributed by atoms with Gasteiger partial charge in [0.15, 0.2) is 10.9 Å². The molecule has 0 N–H and O–H groups in total. The van der Waals surface area contributed by atoms with Crippen LogP contribution < -0.4 is 0 Å². The van der Waals surface area contributed by atoms with Crippen molar-refractivity contribution in [3.05, 3.63) is 0 Å². The average Bonchev–Trinajstić information content (AvgIpc) is 2.89. The summed E-state index contributed by atoms with van der Waals surface area (Å²) >= 11 is 0. The molecule has 2 fully saturated rings. The van der Waals surface area contributed by atoms with E-state index in [1.807, 2.05) is 0 Å². The summed E-state index contributed by atoms with van der Waals surface area (Å²) in [4.78, 5) is 23.7. The fourth-order valence-electron chi connectivity index (χ4n) is 2.04. The number of ether oxygens (including phenoxy) is 3. The molecule has 96 valence electrons. The van der Waals surface area contributed by atoms with Crippen LogP contribution in [-0.2, 0) is 23.8 Å². The summed E-state index contributed by atoms with van der Waals surface area (Å²) < 4.78 is 15.5. The summed E-state index contributed by atoms with van der Waals surface area (Å²) in [6.45, 7) is 2.70. The van der Waals surface area contributed by atoms with E-state index in [0.717, 1.165) is 12.8 Å². The first-order valence-corrected chi connectivity index (χ1v) is 6.38. The Labute approximate surface area is 102 Å². The van der Waals surface area contributed by atoms with Gasteiger partial charge in [-0.05, 0) is 32.6 Å². The zero-order chi connectivity index (χ0) is 12.5. The van der Waals surface area contributed by atoms with Crippen LogP contribution in [0.1, 0.15) is 32.6 Å². The van der Waals surface area contributed by atoms with Crippen molar-refractivity contribution in [2.24, 2.45) is 0 Å². The van der Waals surface area contributed by atoms with Crippen LogP contribution in [0.15, 0.2) is 0 Å². The molecule has 1 unspecified atom stereocenters. The minimum atomic E-state index is -1.05. The summed E-state index contributed by atoms with van der Waals surface area (Å²) in [7, 11) is 2.33. The molecule has 0 aromatic heterocycles. The predicted molar refractivity (Wildman–Crippen MR) is 62.3 cm³/mol.